The van der Waals surface area contributed by atoms with Gasteiger partial charge in [-0.25, -0.2) is 13.7 Å². The van der Waals surface area contributed by atoms with Crippen molar-refractivity contribution >= 4 is 27.6 Å². The number of hydrogen-bond donors (Lipinski definition) is 0. The van der Waals surface area contributed by atoms with E-state index in [1.807, 2.05) is 13.0 Å². The standard InChI is InChI=1S/C34H39F2NO5S/c1-25-14-18-28(19-15-25)43(40,41)42-22-12-10-8-6-4-2-3-5-7-9-11-13-26-16-20-29-30(23-26)34(39)37(33(29)38)32-21-17-27(35)24-31(32)36/h14-21,23-24H,2-13,22H2,1H3. The highest BCUT2D eigenvalue weighted by molar-refractivity contribution is 7.86. The highest BCUT2D eigenvalue weighted by Crippen LogP contribution is 2.31. The Morgan fingerprint density at radius 3 is 1.88 bits per heavy atom. The third-order valence-electron chi connectivity index (χ3n) is 7.76. The van der Waals surface area contributed by atoms with Crippen LogP contribution in [0.25, 0.3) is 0 Å². The lowest BCUT2D eigenvalue weighted by Crippen LogP contribution is -2.30. The second-order valence-corrected chi connectivity index (χ2v) is 12.8. The summed E-state index contributed by atoms with van der Waals surface area (Å²) in [6.07, 6.45) is 12.5. The van der Waals surface area contributed by atoms with E-state index in [0.29, 0.717) is 6.07 Å². The van der Waals surface area contributed by atoms with Crippen LogP contribution in [-0.4, -0.2) is 26.8 Å². The van der Waals surface area contributed by atoms with Gasteiger partial charge in [-0.2, -0.15) is 8.42 Å². The van der Waals surface area contributed by atoms with Crippen LogP contribution in [-0.2, 0) is 20.7 Å². The first-order valence-electron chi connectivity index (χ1n) is 15.1. The van der Waals surface area contributed by atoms with E-state index in [1.165, 1.54) is 25.7 Å². The molecule has 0 radical (unpaired) electrons. The summed E-state index contributed by atoms with van der Waals surface area (Å²) in [6, 6.07) is 14.6. The van der Waals surface area contributed by atoms with E-state index in [2.05, 4.69) is 0 Å². The lowest BCUT2D eigenvalue weighted by atomic mass is 10.0. The highest BCUT2D eigenvalue weighted by atomic mass is 32.2. The number of amides is 2. The van der Waals surface area contributed by atoms with E-state index in [1.54, 1.807) is 36.4 Å². The quantitative estimate of drug-likeness (QED) is 0.0871. The molecule has 1 heterocycles. The summed E-state index contributed by atoms with van der Waals surface area (Å²) < 4.78 is 57.1. The predicted molar refractivity (Wildman–Crippen MR) is 163 cm³/mol. The molecular formula is C34H39F2NO5S. The number of benzene rings is 3. The maximum absolute atomic E-state index is 14.2. The number of carbonyl (C=O) groups excluding carboxylic acids is 2. The fraction of sp³-hybridized carbons (Fsp3) is 0.412. The molecule has 6 nitrogen and oxygen atoms in total. The summed E-state index contributed by atoms with van der Waals surface area (Å²) >= 11 is 0. The minimum absolute atomic E-state index is 0.199. The van der Waals surface area contributed by atoms with Crippen LogP contribution in [0.3, 0.4) is 0 Å². The number of anilines is 1. The van der Waals surface area contributed by atoms with E-state index >= 15 is 0 Å². The Bertz CT molecular complexity index is 1520. The number of hydrogen-bond acceptors (Lipinski definition) is 5. The normalized spacial score (nSPS) is 13.1. The van der Waals surface area contributed by atoms with Crippen molar-refractivity contribution in [2.45, 2.75) is 88.9 Å². The van der Waals surface area contributed by atoms with Crippen LogP contribution in [0.4, 0.5) is 14.5 Å². The molecule has 0 atom stereocenters. The highest BCUT2D eigenvalue weighted by Gasteiger charge is 2.38. The van der Waals surface area contributed by atoms with Crippen molar-refractivity contribution in [2.24, 2.45) is 0 Å². The zero-order valence-corrected chi connectivity index (χ0v) is 25.4. The van der Waals surface area contributed by atoms with E-state index in [0.717, 1.165) is 79.5 Å². The second kappa shape index (κ2) is 15.3. The molecule has 0 bridgehead atoms. The van der Waals surface area contributed by atoms with Gasteiger partial charge in [-0.3, -0.25) is 13.8 Å². The fourth-order valence-corrected chi connectivity index (χ4v) is 6.23. The number of fused-ring (bicyclic) bond motifs is 1. The van der Waals surface area contributed by atoms with E-state index in [9.17, 15) is 26.8 Å². The molecule has 1 aliphatic rings. The third-order valence-corrected chi connectivity index (χ3v) is 9.09. The lowest BCUT2D eigenvalue weighted by Gasteiger charge is -2.14. The van der Waals surface area contributed by atoms with Crippen molar-refractivity contribution < 1.29 is 31.0 Å². The molecule has 3 aromatic carbocycles. The number of halogens is 2. The van der Waals surface area contributed by atoms with E-state index in [-0.39, 0.29) is 28.3 Å². The van der Waals surface area contributed by atoms with E-state index < -0.39 is 33.6 Å². The molecule has 0 N–H and O–H groups in total. The summed E-state index contributed by atoms with van der Waals surface area (Å²) in [5.74, 6) is -2.92. The van der Waals surface area contributed by atoms with Crippen LogP contribution in [0.1, 0.15) is 102 Å². The smallest absolute Gasteiger partial charge is 0.268 e. The topological polar surface area (TPSA) is 80.8 Å². The molecule has 0 spiro atoms. The van der Waals surface area contributed by atoms with Gasteiger partial charge in [0.25, 0.3) is 21.9 Å². The number of nitrogens with zero attached hydrogens (tertiary/aromatic N) is 1. The van der Waals surface area contributed by atoms with Gasteiger partial charge in [-0.05, 0) is 68.1 Å². The summed E-state index contributed by atoms with van der Waals surface area (Å²) in [7, 11) is -3.68. The molecule has 0 fully saturated rings. The van der Waals surface area contributed by atoms with Gasteiger partial charge in [0.05, 0.1) is 28.3 Å². The second-order valence-electron chi connectivity index (χ2n) is 11.1. The van der Waals surface area contributed by atoms with Crippen molar-refractivity contribution in [1.82, 2.24) is 0 Å². The summed E-state index contributed by atoms with van der Waals surface area (Å²) in [4.78, 5) is 26.6. The molecule has 0 saturated carbocycles. The van der Waals surface area contributed by atoms with Crippen LogP contribution in [0.15, 0.2) is 65.6 Å². The minimum atomic E-state index is -3.68. The van der Waals surface area contributed by atoms with Crippen LogP contribution in [0.5, 0.6) is 0 Å². The van der Waals surface area contributed by atoms with Gasteiger partial charge in [0.2, 0.25) is 0 Å². The van der Waals surface area contributed by atoms with Crippen molar-refractivity contribution in [3.63, 3.8) is 0 Å². The van der Waals surface area contributed by atoms with Gasteiger partial charge in [0, 0.05) is 6.07 Å². The van der Waals surface area contributed by atoms with E-state index in [4.69, 9.17) is 4.18 Å². The first kappa shape index (κ1) is 32.5. The van der Waals surface area contributed by atoms with Crippen molar-refractivity contribution in [2.75, 3.05) is 11.5 Å². The van der Waals surface area contributed by atoms with Gasteiger partial charge in [-0.15, -0.1) is 0 Å². The van der Waals surface area contributed by atoms with Crippen molar-refractivity contribution in [3.8, 4) is 0 Å². The molecule has 0 saturated heterocycles. The number of carbonyl (C=O) groups is 2. The van der Waals surface area contributed by atoms with Gasteiger partial charge in [0.15, 0.2) is 0 Å². The molecule has 1 aliphatic heterocycles. The fourth-order valence-electron chi connectivity index (χ4n) is 5.29. The van der Waals surface area contributed by atoms with Crippen LogP contribution in [0, 0.1) is 18.6 Å². The molecule has 3 aromatic rings. The molecule has 0 aromatic heterocycles. The molecule has 0 unspecified atom stereocenters. The molecular weight excluding hydrogens is 572 g/mol. The molecule has 43 heavy (non-hydrogen) atoms. The first-order valence-corrected chi connectivity index (χ1v) is 16.5. The van der Waals surface area contributed by atoms with Gasteiger partial charge in [0.1, 0.15) is 11.6 Å². The molecule has 4 rings (SSSR count). The maximum atomic E-state index is 14.2. The Hall–Kier alpha value is -3.43. The van der Waals surface area contributed by atoms with Crippen LogP contribution in [0.2, 0.25) is 0 Å². The zero-order chi connectivity index (χ0) is 30.8. The number of aryl methyl sites for hydroxylation is 2. The Morgan fingerprint density at radius 1 is 0.674 bits per heavy atom. The number of unbranched alkanes of at least 4 members (excludes halogenated alkanes) is 10. The average Bonchev–Trinajstić information content (AvgIpc) is 3.22. The maximum Gasteiger partial charge on any atom is 0.296 e. The van der Waals surface area contributed by atoms with Gasteiger partial charge >= 0.3 is 0 Å². The summed E-state index contributed by atoms with van der Waals surface area (Å²) in [5, 5.41) is 0. The van der Waals surface area contributed by atoms with Crippen molar-refractivity contribution in [3.05, 3.63) is 94.6 Å². The predicted octanol–water partition coefficient (Wildman–Crippen LogP) is 8.31. The number of imide groups is 1. The van der Waals surface area contributed by atoms with Crippen molar-refractivity contribution in [1.29, 1.82) is 0 Å². The Labute approximate surface area is 253 Å². The Kier molecular flexibility index (Phi) is 11.6. The SMILES string of the molecule is Cc1ccc(S(=O)(=O)OCCCCCCCCCCCCCc2ccc3c(c2)C(=O)N(c2ccc(F)cc2F)C3=O)cc1. The molecule has 230 valence electrons. The molecule has 0 aliphatic carbocycles. The number of rotatable bonds is 17. The lowest BCUT2D eigenvalue weighted by molar-refractivity contribution is 0.0924. The minimum Gasteiger partial charge on any atom is -0.268 e. The summed E-state index contributed by atoms with van der Waals surface area (Å²) in [5.41, 5.74) is 2.21. The van der Waals surface area contributed by atoms with Gasteiger partial charge in [-0.1, -0.05) is 81.5 Å². The largest absolute Gasteiger partial charge is 0.296 e. The third kappa shape index (κ3) is 8.80. The Morgan fingerprint density at radius 2 is 1.26 bits per heavy atom. The molecule has 2 amide bonds. The average molecular weight is 612 g/mol. The van der Waals surface area contributed by atoms with Crippen LogP contribution >= 0.6 is 0 Å². The van der Waals surface area contributed by atoms with Crippen LogP contribution < -0.4 is 4.90 Å². The van der Waals surface area contributed by atoms with Gasteiger partial charge < -0.3 is 0 Å². The Balaban J connectivity index is 1.04. The zero-order valence-electron chi connectivity index (χ0n) is 24.6. The first-order chi connectivity index (χ1) is 20.7. The monoisotopic (exact) mass is 611 g/mol. The summed E-state index contributed by atoms with van der Waals surface area (Å²) in [6.45, 7) is 2.12. The molecule has 9 heteroatoms.